The van der Waals surface area contributed by atoms with E-state index in [1.807, 2.05) is 19.9 Å². The molecule has 0 saturated carbocycles. The molecule has 0 aliphatic heterocycles. The first kappa shape index (κ1) is 11.4. The molecule has 0 fully saturated rings. The van der Waals surface area contributed by atoms with Crippen LogP contribution in [0.5, 0.6) is 0 Å². The minimum atomic E-state index is 0.402. The molecule has 0 aliphatic rings. The molecule has 5 heteroatoms. The Balaban J connectivity index is 2.63. The molecule has 84 valence electrons. The molecule has 2 aromatic rings. The second-order valence-corrected chi connectivity index (χ2v) is 4.18. The molecule has 0 bridgehead atoms. The number of aromatic nitrogens is 3. The van der Waals surface area contributed by atoms with Gasteiger partial charge in [0.05, 0.1) is 28.0 Å². The Morgan fingerprint density at radius 3 is 2.69 bits per heavy atom. The number of halogens is 2. The van der Waals surface area contributed by atoms with E-state index in [1.54, 1.807) is 17.1 Å². The van der Waals surface area contributed by atoms with Crippen molar-refractivity contribution in [3.8, 4) is 5.69 Å². The number of hydrogen-bond donors (Lipinski definition) is 0. The molecule has 0 unspecified atom stereocenters. The van der Waals surface area contributed by atoms with Gasteiger partial charge in [0.15, 0.2) is 0 Å². The Hall–Kier alpha value is -1.06. The minimum Gasteiger partial charge on any atom is -0.264 e. The van der Waals surface area contributed by atoms with Crippen LogP contribution < -0.4 is 0 Å². The summed E-state index contributed by atoms with van der Waals surface area (Å²) in [7, 11) is 0. The number of nitrogens with zero attached hydrogens (tertiary/aromatic N) is 3. The van der Waals surface area contributed by atoms with E-state index in [-0.39, 0.29) is 0 Å². The first-order valence-corrected chi connectivity index (χ1v) is 5.77. The van der Waals surface area contributed by atoms with Crippen molar-refractivity contribution in [3.05, 3.63) is 40.4 Å². The van der Waals surface area contributed by atoms with E-state index >= 15 is 0 Å². The van der Waals surface area contributed by atoms with Crippen LogP contribution in [0.1, 0.15) is 17.0 Å². The third-order valence-electron chi connectivity index (χ3n) is 2.45. The molecular formula is C11H11Cl2N3. The molecule has 0 N–H and O–H groups in total. The number of rotatable bonds is 2. The van der Waals surface area contributed by atoms with E-state index in [9.17, 15) is 0 Å². The topological polar surface area (TPSA) is 30.7 Å². The van der Waals surface area contributed by atoms with Crippen molar-refractivity contribution in [2.75, 3.05) is 0 Å². The lowest BCUT2D eigenvalue weighted by Crippen LogP contribution is -2.03. The fraction of sp³-hybridized carbons (Fsp3) is 0.273. The van der Waals surface area contributed by atoms with Gasteiger partial charge in [0, 0.05) is 18.0 Å². The Kier molecular flexibility index (Phi) is 3.17. The Bertz CT molecular complexity index is 520. The van der Waals surface area contributed by atoms with Gasteiger partial charge in [0.2, 0.25) is 0 Å². The third kappa shape index (κ3) is 1.81. The number of hydrogen-bond acceptors (Lipinski definition) is 2. The summed E-state index contributed by atoms with van der Waals surface area (Å²) in [6.07, 6.45) is 3.46. The molecule has 0 atom stereocenters. The highest BCUT2D eigenvalue weighted by atomic mass is 35.5. The monoisotopic (exact) mass is 255 g/mol. The normalized spacial score (nSPS) is 10.8. The molecule has 2 aromatic heterocycles. The molecule has 2 rings (SSSR count). The summed E-state index contributed by atoms with van der Waals surface area (Å²) in [4.78, 5) is 4.04. The Morgan fingerprint density at radius 2 is 2.12 bits per heavy atom. The summed E-state index contributed by atoms with van der Waals surface area (Å²) in [5.74, 6) is 0.402. The van der Waals surface area contributed by atoms with E-state index in [1.165, 1.54) is 0 Å². The van der Waals surface area contributed by atoms with Gasteiger partial charge in [-0.3, -0.25) is 4.98 Å². The summed E-state index contributed by atoms with van der Waals surface area (Å²) in [6.45, 7) is 3.81. The van der Waals surface area contributed by atoms with Crippen LogP contribution in [0.25, 0.3) is 5.69 Å². The predicted octanol–water partition coefficient (Wildman–Crippen LogP) is 3.28. The molecule has 16 heavy (non-hydrogen) atoms. The minimum absolute atomic E-state index is 0.402. The third-order valence-corrected chi connectivity index (χ3v) is 3.29. The van der Waals surface area contributed by atoms with E-state index in [4.69, 9.17) is 23.2 Å². The van der Waals surface area contributed by atoms with E-state index in [2.05, 4.69) is 10.1 Å². The zero-order valence-electron chi connectivity index (χ0n) is 9.04. The van der Waals surface area contributed by atoms with E-state index in [0.717, 1.165) is 22.6 Å². The highest BCUT2D eigenvalue weighted by molar-refractivity contribution is 6.31. The van der Waals surface area contributed by atoms with Crippen molar-refractivity contribution < 1.29 is 0 Å². The SMILES string of the molecule is Cc1nn(-c2ccncc2CCl)c(C)c1Cl. The maximum Gasteiger partial charge on any atom is 0.0848 e. The van der Waals surface area contributed by atoms with Gasteiger partial charge in [0.1, 0.15) is 0 Å². The Labute approximate surface area is 104 Å². The first-order chi connectivity index (χ1) is 7.65. The van der Waals surface area contributed by atoms with Crippen LogP contribution in [-0.2, 0) is 5.88 Å². The van der Waals surface area contributed by atoms with Crippen molar-refractivity contribution in [2.24, 2.45) is 0 Å². The number of aryl methyl sites for hydroxylation is 1. The van der Waals surface area contributed by atoms with Crippen LogP contribution in [0.4, 0.5) is 0 Å². The lowest BCUT2D eigenvalue weighted by molar-refractivity contribution is 0.823. The average Bonchev–Trinajstić information content (AvgIpc) is 2.57. The predicted molar refractivity (Wildman–Crippen MR) is 65.4 cm³/mol. The van der Waals surface area contributed by atoms with Crippen LogP contribution in [0, 0.1) is 13.8 Å². The zero-order valence-corrected chi connectivity index (χ0v) is 10.5. The summed E-state index contributed by atoms with van der Waals surface area (Å²) in [6, 6.07) is 1.88. The van der Waals surface area contributed by atoms with Crippen molar-refractivity contribution in [3.63, 3.8) is 0 Å². The van der Waals surface area contributed by atoms with Crippen LogP contribution >= 0.6 is 23.2 Å². The molecular weight excluding hydrogens is 245 g/mol. The molecule has 0 radical (unpaired) electrons. The zero-order chi connectivity index (χ0) is 11.7. The smallest absolute Gasteiger partial charge is 0.0848 e. The maximum atomic E-state index is 6.11. The van der Waals surface area contributed by atoms with Gasteiger partial charge < -0.3 is 0 Å². The van der Waals surface area contributed by atoms with Gasteiger partial charge in [-0.25, -0.2) is 4.68 Å². The summed E-state index contributed by atoms with van der Waals surface area (Å²) >= 11 is 12.0. The van der Waals surface area contributed by atoms with E-state index < -0.39 is 0 Å². The molecule has 0 aliphatic carbocycles. The maximum absolute atomic E-state index is 6.11. The van der Waals surface area contributed by atoms with Crippen LogP contribution in [-0.4, -0.2) is 14.8 Å². The second-order valence-electron chi connectivity index (χ2n) is 3.53. The van der Waals surface area contributed by atoms with Gasteiger partial charge in [-0.15, -0.1) is 11.6 Å². The van der Waals surface area contributed by atoms with Crippen molar-refractivity contribution >= 4 is 23.2 Å². The quantitative estimate of drug-likeness (QED) is 0.772. The molecule has 0 spiro atoms. The van der Waals surface area contributed by atoms with Crippen molar-refractivity contribution in [1.29, 1.82) is 0 Å². The van der Waals surface area contributed by atoms with Crippen molar-refractivity contribution in [2.45, 2.75) is 19.7 Å². The van der Waals surface area contributed by atoms with Gasteiger partial charge >= 0.3 is 0 Å². The van der Waals surface area contributed by atoms with Crippen LogP contribution in [0.3, 0.4) is 0 Å². The summed E-state index contributed by atoms with van der Waals surface area (Å²) in [5, 5.41) is 5.08. The second kappa shape index (κ2) is 4.44. The standard InChI is InChI=1S/C11H11Cl2N3/c1-7-11(13)8(2)16(15-7)10-3-4-14-6-9(10)5-12/h3-4,6H,5H2,1-2H3. The lowest BCUT2D eigenvalue weighted by atomic mass is 10.2. The Morgan fingerprint density at radius 1 is 1.38 bits per heavy atom. The van der Waals surface area contributed by atoms with Crippen LogP contribution in [0.15, 0.2) is 18.5 Å². The fourth-order valence-electron chi connectivity index (χ4n) is 1.59. The molecule has 0 aromatic carbocycles. The fourth-order valence-corrected chi connectivity index (χ4v) is 1.91. The van der Waals surface area contributed by atoms with Gasteiger partial charge in [0.25, 0.3) is 0 Å². The summed E-state index contributed by atoms with van der Waals surface area (Å²) < 4.78 is 1.80. The molecule has 2 heterocycles. The molecule has 0 amide bonds. The molecule has 0 saturated heterocycles. The lowest BCUT2D eigenvalue weighted by Gasteiger charge is -2.08. The van der Waals surface area contributed by atoms with Gasteiger partial charge in [-0.1, -0.05) is 11.6 Å². The van der Waals surface area contributed by atoms with Gasteiger partial charge in [-0.2, -0.15) is 5.10 Å². The van der Waals surface area contributed by atoms with Crippen LogP contribution in [0.2, 0.25) is 5.02 Å². The average molecular weight is 256 g/mol. The number of alkyl halides is 1. The van der Waals surface area contributed by atoms with Crippen molar-refractivity contribution in [1.82, 2.24) is 14.8 Å². The summed E-state index contributed by atoms with van der Waals surface area (Å²) in [5.41, 5.74) is 3.59. The molecule has 3 nitrogen and oxygen atoms in total. The van der Waals surface area contributed by atoms with Gasteiger partial charge in [-0.05, 0) is 19.9 Å². The highest BCUT2D eigenvalue weighted by Gasteiger charge is 2.12. The highest BCUT2D eigenvalue weighted by Crippen LogP contribution is 2.24. The van der Waals surface area contributed by atoms with E-state index in [0.29, 0.717) is 10.9 Å². The largest absolute Gasteiger partial charge is 0.264 e. The number of pyridine rings is 1. The first-order valence-electron chi connectivity index (χ1n) is 4.86.